The van der Waals surface area contributed by atoms with Crippen molar-refractivity contribution in [2.75, 3.05) is 13.1 Å². The highest BCUT2D eigenvalue weighted by Gasteiger charge is 2.35. The topological polar surface area (TPSA) is 54.2 Å². The smallest absolute Gasteiger partial charge is 0.0659 e. The molecule has 1 atom stereocenters. The largest absolute Gasteiger partial charge is 0.297 e. The molecule has 0 aliphatic heterocycles. The molecule has 21 heavy (non-hydrogen) atoms. The van der Waals surface area contributed by atoms with Crippen LogP contribution < -0.4 is 11.3 Å². The van der Waals surface area contributed by atoms with Crippen LogP contribution in [0.3, 0.4) is 0 Å². The van der Waals surface area contributed by atoms with Crippen LogP contribution in [0.15, 0.2) is 36.7 Å². The van der Waals surface area contributed by atoms with Gasteiger partial charge in [-0.3, -0.25) is 21.2 Å². The molecular formula is C17H26N4. The van der Waals surface area contributed by atoms with Crippen LogP contribution in [0.5, 0.6) is 0 Å². The van der Waals surface area contributed by atoms with E-state index in [1.165, 1.54) is 5.39 Å². The molecule has 3 N–H and O–H groups in total. The summed E-state index contributed by atoms with van der Waals surface area (Å²) >= 11 is 0. The van der Waals surface area contributed by atoms with Crippen molar-refractivity contribution in [1.29, 1.82) is 0 Å². The minimum Gasteiger partial charge on any atom is -0.297 e. The summed E-state index contributed by atoms with van der Waals surface area (Å²) in [5, 5.41) is 2.35. The van der Waals surface area contributed by atoms with Gasteiger partial charge in [-0.2, -0.15) is 0 Å². The maximum Gasteiger partial charge on any atom is 0.0659 e. The van der Waals surface area contributed by atoms with Gasteiger partial charge >= 0.3 is 0 Å². The van der Waals surface area contributed by atoms with E-state index in [4.69, 9.17) is 5.84 Å². The van der Waals surface area contributed by atoms with Gasteiger partial charge in [0.25, 0.3) is 0 Å². The Morgan fingerprint density at radius 2 is 1.86 bits per heavy atom. The Morgan fingerprint density at radius 1 is 1.19 bits per heavy atom. The molecule has 1 aromatic heterocycles. The van der Waals surface area contributed by atoms with E-state index in [0.717, 1.165) is 24.0 Å². The molecule has 0 aliphatic carbocycles. The van der Waals surface area contributed by atoms with Crippen LogP contribution in [-0.4, -0.2) is 28.5 Å². The van der Waals surface area contributed by atoms with E-state index in [0.29, 0.717) is 0 Å². The molecule has 0 amide bonds. The maximum absolute atomic E-state index is 5.92. The lowest BCUT2D eigenvalue weighted by Crippen LogP contribution is -2.54. The summed E-state index contributed by atoms with van der Waals surface area (Å²) in [4.78, 5) is 6.81. The minimum absolute atomic E-state index is 0.0102. The van der Waals surface area contributed by atoms with Crippen LogP contribution in [0.2, 0.25) is 0 Å². The summed E-state index contributed by atoms with van der Waals surface area (Å²) in [5.41, 5.74) is 4.06. The number of hydrogen-bond acceptors (Lipinski definition) is 4. The molecule has 1 heterocycles. The van der Waals surface area contributed by atoms with E-state index >= 15 is 0 Å². The maximum atomic E-state index is 5.92. The van der Waals surface area contributed by atoms with Crippen molar-refractivity contribution in [2.24, 2.45) is 5.84 Å². The molecule has 1 unspecified atom stereocenters. The lowest BCUT2D eigenvalue weighted by Gasteiger charge is -2.43. The molecule has 0 bridgehead atoms. The van der Waals surface area contributed by atoms with Gasteiger partial charge in [-0.05, 0) is 37.9 Å². The van der Waals surface area contributed by atoms with E-state index in [1.807, 2.05) is 18.5 Å². The monoisotopic (exact) mass is 286 g/mol. The van der Waals surface area contributed by atoms with Crippen LogP contribution >= 0.6 is 0 Å². The molecular weight excluding hydrogens is 260 g/mol. The highest BCUT2D eigenvalue weighted by molar-refractivity contribution is 5.85. The van der Waals surface area contributed by atoms with E-state index in [1.54, 1.807) is 0 Å². The fourth-order valence-corrected chi connectivity index (χ4v) is 3.27. The number of benzene rings is 1. The van der Waals surface area contributed by atoms with Gasteiger partial charge in [0.15, 0.2) is 0 Å². The predicted molar refractivity (Wildman–Crippen MR) is 88.8 cm³/mol. The zero-order chi connectivity index (χ0) is 15.5. The Labute approximate surface area is 127 Å². The number of hydrazine groups is 1. The Hall–Kier alpha value is -1.49. The van der Waals surface area contributed by atoms with Gasteiger partial charge in [0.05, 0.1) is 6.04 Å². The second kappa shape index (κ2) is 6.52. The Balaban J connectivity index is 2.54. The highest BCUT2D eigenvalue weighted by Crippen LogP contribution is 2.33. The van der Waals surface area contributed by atoms with Crippen LogP contribution in [0.1, 0.15) is 39.3 Å². The quantitative estimate of drug-likeness (QED) is 0.633. The van der Waals surface area contributed by atoms with Crippen molar-refractivity contribution >= 4 is 10.8 Å². The molecule has 1 aromatic carbocycles. The molecule has 2 aromatic rings. The second-order valence-electron chi connectivity index (χ2n) is 5.88. The zero-order valence-corrected chi connectivity index (χ0v) is 13.4. The molecule has 114 valence electrons. The summed E-state index contributed by atoms with van der Waals surface area (Å²) in [6.07, 6.45) is 3.83. The molecule has 4 nitrogen and oxygen atoms in total. The molecule has 0 fully saturated rings. The Morgan fingerprint density at radius 3 is 2.48 bits per heavy atom. The molecule has 0 spiro atoms. The van der Waals surface area contributed by atoms with Gasteiger partial charge in [-0.25, -0.2) is 0 Å². The first-order chi connectivity index (χ1) is 10.1. The standard InChI is InChI=1S/C17H26N4/c1-5-21(6-2)17(3,4)16(20-18)15-12-19-11-13-9-7-8-10-14(13)15/h7-12,16,20H,5-6,18H2,1-4H3. The summed E-state index contributed by atoms with van der Waals surface area (Å²) < 4.78 is 0. The molecule has 4 heteroatoms. The van der Waals surface area contributed by atoms with E-state index in [2.05, 4.69) is 61.2 Å². The van der Waals surface area contributed by atoms with Crippen molar-refractivity contribution in [1.82, 2.24) is 15.3 Å². The third-order valence-electron chi connectivity index (χ3n) is 4.46. The van der Waals surface area contributed by atoms with E-state index < -0.39 is 0 Å². The first-order valence-corrected chi connectivity index (χ1v) is 7.60. The number of likely N-dealkylation sites (N-methyl/N-ethyl adjacent to an activating group) is 1. The van der Waals surface area contributed by atoms with Gasteiger partial charge in [-0.1, -0.05) is 38.1 Å². The van der Waals surface area contributed by atoms with Crippen molar-refractivity contribution in [3.05, 3.63) is 42.2 Å². The fourth-order valence-electron chi connectivity index (χ4n) is 3.27. The number of hydrogen-bond donors (Lipinski definition) is 2. The van der Waals surface area contributed by atoms with Crippen molar-refractivity contribution < 1.29 is 0 Å². The van der Waals surface area contributed by atoms with Gasteiger partial charge in [0.1, 0.15) is 0 Å². The number of nitrogens with two attached hydrogens (primary N) is 1. The number of fused-ring (bicyclic) bond motifs is 1. The SMILES string of the molecule is CCN(CC)C(C)(C)C(NN)c1cncc2ccccc12. The van der Waals surface area contributed by atoms with Gasteiger partial charge in [0.2, 0.25) is 0 Å². The average Bonchev–Trinajstić information content (AvgIpc) is 2.49. The van der Waals surface area contributed by atoms with Gasteiger partial charge < -0.3 is 0 Å². The Kier molecular flexibility index (Phi) is 4.93. The molecule has 0 aliphatic rings. The summed E-state index contributed by atoms with van der Waals surface area (Å²) in [6.45, 7) is 10.8. The third-order valence-corrected chi connectivity index (χ3v) is 4.46. The van der Waals surface area contributed by atoms with E-state index in [9.17, 15) is 0 Å². The normalized spacial score (nSPS) is 13.8. The fraction of sp³-hybridized carbons (Fsp3) is 0.471. The molecule has 0 radical (unpaired) electrons. The predicted octanol–water partition coefficient (Wildman–Crippen LogP) is 2.86. The second-order valence-corrected chi connectivity index (χ2v) is 5.88. The van der Waals surface area contributed by atoms with Crippen molar-refractivity contribution in [3.8, 4) is 0 Å². The number of pyridine rings is 1. The van der Waals surface area contributed by atoms with Crippen molar-refractivity contribution in [2.45, 2.75) is 39.3 Å². The van der Waals surface area contributed by atoms with E-state index in [-0.39, 0.29) is 11.6 Å². The number of nitrogens with one attached hydrogen (secondary N) is 1. The van der Waals surface area contributed by atoms with Crippen LogP contribution in [-0.2, 0) is 0 Å². The van der Waals surface area contributed by atoms with Gasteiger partial charge in [0, 0.05) is 23.3 Å². The first-order valence-electron chi connectivity index (χ1n) is 7.60. The minimum atomic E-state index is -0.107. The average molecular weight is 286 g/mol. The molecule has 2 rings (SSSR count). The number of rotatable bonds is 6. The lowest BCUT2D eigenvalue weighted by atomic mass is 9.86. The number of aromatic nitrogens is 1. The first kappa shape index (κ1) is 15.9. The summed E-state index contributed by atoms with van der Waals surface area (Å²) in [5.74, 6) is 5.92. The highest BCUT2D eigenvalue weighted by atomic mass is 15.3. The zero-order valence-electron chi connectivity index (χ0n) is 13.4. The van der Waals surface area contributed by atoms with Crippen molar-refractivity contribution in [3.63, 3.8) is 0 Å². The van der Waals surface area contributed by atoms with Crippen LogP contribution in [0.25, 0.3) is 10.8 Å². The Bertz CT molecular complexity index is 585. The summed E-state index contributed by atoms with van der Waals surface area (Å²) in [7, 11) is 0. The van der Waals surface area contributed by atoms with Crippen LogP contribution in [0.4, 0.5) is 0 Å². The molecule has 0 saturated heterocycles. The lowest BCUT2D eigenvalue weighted by molar-refractivity contribution is 0.0917. The van der Waals surface area contributed by atoms with Gasteiger partial charge in [-0.15, -0.1) is 0 Å². The third kappa shape index (κ3) is 2.93. The summed E-state index contributed by atoms with van der Waals surface area (Å²) in [6, 6.07) is 8.33. The van der Waals surface area contributed by atoms with Crippen LogP contribution in [0, 0.1) is 0 Å². The molecule has 0 saturated carbocycles. The number of nitrogens with zero attached hydrogens (tertiary/aromatic N) is 2.